The van der Waals surface area contributed by atoms with Crippen molar-refractivity contribution in [3.8, 4) is 0 Å². The number of imide groups is 2. The lowest BCUT2D eigenvalue weighted by molar-refractivity contribution is -0.131. The molecule has 0 aliphatic rings. The van der Waals surface area contributed by atoms with Crippen LogP contribution in [0, 0.1) is 0 Å². The highest BCUT2D eigenvalue weighted by Crippen LogP contribution is 2.10. The van der Waals surface area contributed by atoms with Crippen LogP contribution in [-0.4, -0.2) is 71.9 Å². The smallest absolute Gasteiger partial charge is 0.324 e. The van der Waals surface area contributed by atoms with Gasteiger partial charge in [-0.1, -0.05) is 113 Å². The molecule has 0 aliphatic heterocycles. The topological polar surface area (TPSA) is 151 Å². The first kappa shape index (κ1) is 38.4. The van der Waals surface area contributed by atoms with Crippen molar-refractivity contribution >= 4 is 23.9 Å². The fourth-order valence-electron chi connectivity index (χ4n) is 5.16. The quantitative estimate of drug-likeness (QED) is 0.139. The maximum Gasteiger partial charge on any atom is 0.324 e. The van der Waals surface area contributed by atoms with Crippen LogP contribution in [0.15, 0.2) is 60.7 Å². The Morgan fingerprint density at radius 2 is 0.935 bits per heavy atom. The molecule has 0 fully saturated rings. The number of nitrogens with zero attached hydrogens (tertiary/aromatic N) is 2. The molecule has 10 nitrogen and oxygen atoms in total. The summed E-state index contributed by atoms with van der Waals surface area (Å²) >= 11 is 0. The summed E-state index contributed by atoms with van der Waals surface area (Å²) in [7, 11) is 0. The number of carbonyl (C=O) groups is 4. The largest absolute Gasteiger partial charge is 0.338 e. The molecule has 0 saturated heterocycles. The summed E-state index contributed by atoms with van der Waals surface area (Å²) in [5, 5.41) is 5.74. The highest BCUT2D eigenvalue weighted by molar-refractivity contribution is 5.98. The SMILES string of the molecule is CCCCCCNC(=O)N(CCCCN(C(=O)NCCCCCC)C(=O)[C@@H](N)Cc1ccccc1)C(=O)[C@@H](N)Cc1ccccc1. The van der Waals surface area contributed by atoms with Crippen LogP contribution in [-0.2, 0) is 22.4 Å². The average molecular weight is 637 g/mol. The molecule has 10 heteroatoms. The first-order valence-corrected chi connectivity index (χ1v) is 17.1. The number of benzene rings is 2. The number of unbranched alkanes of at least 4 members (excludes halogenated alkanes) is 7. The van der Waals surface area contributed by atoms with Crippen molar-refractivity contribution in [1.82, 2.24) is 20.4 Å². The van der Waals surface area contributed by atoms with E-state index in [1.165, 1.54) is 9.80 Å². The van der Waals surface area contributed by atoms with Gasteiger partial charge in [0.1, 0.15) is 0 Å². The second-order valence-electron chi connectivity index (χ2n) is 11.9. The fraction of sp³-hybridized carbons (Fsp3) is 0.556. The molecule has 2 rings (SSSR count). The van der Waals surface area contributed by atoms with Crippen LogP contribution in [0.2, 0.25) is 0 Å². The minimum Gasteiger partial charge on any atom is -0.338 e. The summed E-state index contributed by atoms with van der Waals surface area (Å²) in [5.74, 6) is -0.921. The van der Waals surface area contributed by atoms with E-state index in [4.69, 9.17) is 11.5 Å². The number of amides is 6. The molecule has 2 aromatic carbocycles. The lowest BCUT2D eigenvalue weighted by Crippen LogP contribution is -2.52. The highest BCUT2D eigenvalue weighted by Gasteiger charge is 2.28. The van der Waals surface area contributed by atoms with Crippen molar-refractivity contribution in [2.75, 3.05) is 26.2 Å². The highest BCUT2D eigenvalue weighted by atomic mass is 16.2. The van der Waals surface area contributed by atoms with Crippen molar-refractivity contribution < 1.29 is 19.2 Å². The molecule has 0 saturated carbocycles. The van der Waals surface area contributed by atoms with Gasteiger partial charge in [0.05, 0.1) is 12.1 Å². The Bertz CT molecular complexity index is 1070. The van der Waals surface area contributed by atoms with E-state index in [0.717, 1.165) is 62.5 Å². The monoisotopic (exact) mass is 636 g/mol. The van der Waals surface area contributed by atoms with E-state index in [0.29, 0.717) is 38.8 Å². The minimum absolute atomic E-state index is 0.110. The second-order valence-corrected chi connectivity index (χ2v) is 11.9. The van der Waals surface area contributed by atoms with E-state index in [2.05, 4.69) is 24.5 Å². The summed E-state index contributed by atoms with van der Waals surface area (Å²) in [4.78, 5) is 55.5. The van der Waals surface area contributed by atoms with Gasteiger partial charge >= 0.3 is 12.1 Å². The molecule has 6 amide bonds. The summed E-state index contributed by atoms with van der Waals surface area (Å²) in [5.41, 5.74) is 14.4. The molecule has 0 aliphatic carbocycles. The Balaban J connectivity index is 2.06. The summed E-state index contributed by atoms with van der Waals surface area (Å²) < 4.78 is 0. The van der Waals surface area contributed by atoms with Crippen LogP contribution in [0.1, 0.15) is 89.2 Å². The third kappa shape index (κ3) is 14.6. The van der Waals surface area contributed by atoms with Gasteiger partial charge in [-0.05, 0) is 49.7 Å². The Kier molecular flexibility index (Phi) is 19.0. The van der Waals surface area contributed by atoms with Gasteiger partial charge in [0.2, 0.25) is 11.8 Å². The molecule has 254 valence electrons. The molecule has 46 heavy (non-hydrogen) atoms. The summed E-state index contributed by atoms with van der Waals surface area (Å²) in [6.45, 7) is 5.40. The van der Waals surface area contributed by atoms with Crippen molar-refractivity contribution in [3.63, 3.8) is 0 Å². The second kappa shape index (κ2) is 22.7. The number of nitrogens with one attached hydrogen (secondary N) is 2. The third-order valence-electron chi connectivity index (χ3n) is 7.88. The zero-order valence-corrected chi connectivity index (χ0v) is 27.9. The third-order valence-corrected chi connectivity index (χ3v) is 7.88. The molecule has 2 aromatic rings. The summed E-state index contributed by atoms with van der Waals surface area (Å²) in [6, 6.07) is 16.2. The van der Waals surface area contributed by atoms with Gasteiger partial charge in [-0.2, -0.15) is 0 Å². The van der Waals surface area contributed by atoms with Gasteiger partial charge in [0.25, 0.3) is 0 Å². The van der Waals surface area contributed by atoms with Gasteiger partial charge in [0, 0.05) is 26.2 Å². The maximum atomic E-state index is 13.4. The number of hydrogen-bond donors (Lipinski definition) is 4. The number of rotatable bonds is 21. The van der Waals surface area contributed by atoms with Crippen LogP contribution in [0.4, 0.5) is 9.59 Å². The molecule has 2 atom stereocenters. The van der Waals surface area contributed by atoms with Gasteiger partial charge in [0.15, 0.2) is 0 Å². The van der Waals surface area contributed by atoms with Gasteiger partial charge < -0.3 is 22.1 Å². The van der Waals surface area contributed by atoms with E-state index in [9.17, 15) is 19.2 Å². The van der Waals surface area contributed by atoms with E-state index in [-0.39, 0.29) is 13.1 Å². The molecule has 6 N–H and O–H groups in total. The predicted molar refractivity (Wildman–Crippen MR) is 184 cm³/mol. The minimum atomic E-state index is -0.888. The molecule has 0 heterocycles. The van der Waals surface area contributed by atoms with Crippen LogP contribution < -0.4 is 22.1 Å². The van der Waals surface area contributed by atoms with Crippen LogP contribution >= 0.6 is 0 Å². The van der Waals surface area contributed by atoms with Crippen LogP contribution in [0.25, 0.3) is 0 Å². The molecule has 0 bridgehead atoms. The summed E-state index contributed by atoms with van der Waals surface area (Å²) in [6.07, 6.45) is 9.35. The van der Waals surface area contributed by atoms with Crippen molar-refractivity contribution in [3.05, 3.63) is 71.8 Å². The molecule has 0 radical (unpaired) electrons. The Hall–Kier alpha value is -3.76. The Morgan fingerprint density at radius 3 is 1.28 bits per heavy atom. The van der Waals surface area contributed by atoms with Crippen molar-refractivity contribution in [2.45, 2.75) is 103 Å². The van der Waals surface area contributed by atoms with Gasteiger partial charge in [-0.15, -0.1) is 0 Å². The Labute approximate surface area is 275 Å². The lowest BCUT2D eigenvalue weighted by atomic mass is 10.1. The van der Waals surface area contributed by atoms with E-state index in [1.807, 2.05) is 60.7 Å². The zero-order chi connectivity index (χ0) is 33.6. The fourth-order valence-corrected chi connectivity index (χ4v) is 5.16. The first-order valence-electron chi connectivity index (χ1n) is 17.1. The number of urea groups is 2. The Morgan fingerprint density at radius 1 is 0.565 bits per heavy atom. The molecular weight excluding hydrogens is 580 g/mol. The number of hydrogen-bond acceptors (Lipinski definition) is 6. The molecule has 0 unspecified atom stereocenters. The van der Waals surface area contributed by atoms with Crippen molar-refractivity contribution in [2.24, 2.45) is 11.5 Å². The lowest BCUT2D eigenvalue weighted by Gasteiger charge is -2.26. The van der Waals surface area contributed by atoms with Crippen LogP contribution in [0.5, 0.6) is 0 Å². The standard InChI is InChI=1S/C36H56N6O4/c1-3-5-7-15-23-39-35(45)41(33(43)31(37)27-29-19-11-9-12-20-29)25-17-18-26-42(36(46)40-24-16-8-6-4-2)34(44)32(38)28-30-21-13-10-14-22-30/h9-14,19-22,31-32H,3-8,15-18,23-28,37-38H2,1-2H3,(H,39,45)(H,40,46)/t31-,32-/m0/s1. The maximum absolute atomic E-state index is 13.4. The molecule has 0 aromatic heterocycles. The normalized spacial score (nSPS) is 12.2. The molecular formula is C36H56N6O4. The van der Waals surface area contributed by atoms with Gasteiger partial charge in [-0.25, -0.2) is 9.59 Å². The van der Waals surface area contributed by atoms with Gasteiger partial charge in [-0.3, -0.25) is 19.4 Å². The zero-order valence-electron chi connectivity index (χ0n) is 27.9. The first-order chi connectivity index (χ1) is 22.3. The average Bonchev–Trinajstić information content (AvgIpc) is 3.06. The molecule has 0 spiro atoms. The number of carbonyl (C=O) groups excluding carboxylic acids is 4. The number of nitrogens with two attached hydrogens (primary N) is 2. The predicted octanol–water partition coefficient (Wildman–Crippen LogP) is 5.14. The van der Waals surface area contributed by atoms with Crippen LogP contribution in [0.3, 0.4) is 0 Å². The van der Waals surface area contributed by atoms with Crippen molar-refractivity contribution in [1.29, 1.82) is 0 Å². The van der Waals surface area contributed by atoms with E-state index < -0.39 is 36.0 Å². The van der Waals surface area contributed by atoms with E-state index in [1.54, 1.807) is 0 Å². The van der Waals surface area contributed by atoms with E-state index >= 15 is 0 Å².